The molecule has 4 aromatic rings. The molecule has 0 unspecified atom stereocenters. The fraction of sp³-hybridized carbons (Fsp3) is 0.208. The number of nitrogens with zero attached hydrogens (tertiary/aromatic N) is 5. The number of fused-ring (bicyclic) bond motifs is 1. The second-order valence-electron chi connectivity index (χ2n) is 7.81. The van der Waals surface area contributed by atoms with Crippen LogP contribution in [0.15, 0.2) is 77.8 Å². The summed E-state index contributed by atoms with van der Waals surface area (Å²) in [4.78, 5) is 16.4. The van der Waals surface area contributed by atoms with Gasteiger partial charge in [-0.2, -0.15) is 4.31 Å². The number of anilines is 1. The fourth-order valence-corrected chi connectivity index (χ4v) is 5.33. The van der Waals surface area contributed by atoms with E-state index >= 15 is 0 Å². The van der Waals surface area contributed by atoms with Gasteiger partial charge in [-0.3, -0.25) is 4.98 Å². The number of piperazine rings is 1. The van der Waals surface area contributed by atoms with Crippen LogP contribution in [0.5, 0.6) is 0 Å². The van der Waals surface area contributed by atoms with Crippen molar-refractivity contribution in [2.24, 2.45) is 0 Å². The minimum absolute atomic E-state index is 0.335. The largest absolute Gasteiger partial charge is 0.353 e. The van der Waals surface area contributed by atoms with E-state index in [9.17, 15) is 8.42 Å². The Morgan fingerprint density at radius 3 is 2.25 bits per heavy atom. The molecule has 7 nitrogen and oxygen atoms in total. The molecule has 0 amide bonds. The molecule has 0 bridgehead atoms. The van der Waals surface area contributed by atoms with Crippen LogP contribution in [-0.2, 0) is 10.0 Å². The SMILES string of the molecule is Cc1ccc(S(=O)(=O)N2CCN(c3nc(-c4ccccn4)nc4ccccc34)CC2)cc1. The lowest BCUT2D eigenvalue weighted by Gasteiger charge is -2.35. The predicted molar refractivity (Wildman–Crippen MR) is 125 cm³/mol. The maximum atomic E-state index is 13.1. The molecule has 1 aliphatic rings. The summed E-state index contributed by atoms with van der Waals surface area (Å²) < 4.78 is 27.7. The van der Waals surface area contributed by atoms with Crippen molar-refractivity contribution in [1.82, 2.24) is 19.3 Å². The van der Waals surface area contributed by atoms with Crippen molar-refractivity contribution < 1.29 is 8.42 Å². The Hall–Kier alpha value is -3.36. The van der Waals surface area contributed by atoms with Crippen LogP contribution in [-0.4, -0.2) is 53.9 Å². The van der Waals surface area contributed by atoms with E-state index in [0.717, 1.165) is 22.3 Å². The molecular formula is C24H23N5O2S. The van der Waals surface area contributed by atoms with Gasteiger partial charge < -0.3 is 4.90 Å². The Morgan fingerprint density at radius 1 is 0.812 bits per heavy atom. The number of benzene rings is 2. The number of pyridine rings is 1. The second kappa shape index (κ2) is 8.29. The first-order chi connectivity index (χ1) is 15.5. The quantitative estimate of drug-likeness (QED) is 0.478. The summed E-state index contributed by atoms with van der Waals surface area (Å²) in [6, 6.07) is 20.6. The van der Waals surface area contributed by atoms with Gasteiger partial charge in [0.25, 0.3) is 0 Å². The van der Waals surface area contributed by atoms with E-state index in [-0.39, 0.29) is 0 Å². The van der Waals surface area contributed by atoms with Gasteiger partial charge in [0.1, 0.15) is 11.5 Å². The summed E-state index contributed by atoms with van der Waals surface area (Å²) in [7, 11) is -3.51. The highest BCUT2D eigenvalue weighted by Crippen LogP contribution is 2.28. The van der Waals surface area contributed by atoms with Gasteiger partial charge in [0.2, 0.25) is 10.0 Å². The van der Waals surface area contributed by atoms with Crippen LogP contribution >= 0.6 is 0 Å². The molecule has 0 spiro atoms. The molecule has 2 aromatic carbocycles. The van der Waals surface area contributed by atoms with E-state index in [0.29, 0.717) is 42.6 Å². The zero-order valence-corrected chi connectivity index (χ0v) is 18.5. The van der Waals surface area contributed by atoms with E-state index in [2.05, 4.69) is 9.88 Å². The molecule has 1 aliphatic heterocycles. The van der Waals surface area contributed by atoms with Crippen molar-refractivity contribution in [2.45, 2.75) is 11.8 Å². The third-order valence-electron chi connectivity index (χ3n) is 5.67. The predicted octanol–water partition coefficient (Wildman–Crippen LogP) is 3.51. The molecule has 32 heavy (non-hydrogen) atoms. The van der Waals surface area contributed by atoms with Crippen LogP contribution in [0.1, 0.15) is 5.56 Å². The summed E-state index contributed by atoms with van der Waals surface area (Å²) in [5, 5.41) is 0.946. The molecule has 2 aromatic heterocycles. The average molecular weight is 446 g/mol. The minimum atomic E-state index is -3.51. The number of rotatable bonds is 4. The van der Waals surface area contributed by atoms with Crippen LogP contribution < -0.4 is 4.90 Å². The Labute approximate surface area is 187 Å². The molecule has 3 heterocycles. The van der Waals surface area contributed by atoms with Gasteiger partial charge in [-0.25, -0.2) is 18.4 Å². The number of hydrogen-bond donors (Lipinski definition) is 0. The monoisotopic (exact) mass is 445 g/mol. The van der Waals surface area contributed by atoms with Gasteiger partial charge in [-0.15, -0.1) is 0 Å². The van der Waals surface area contributed by atoms with Gasteiger partial charge in [0.05, 0.1) is 10.4 Å². The second-order valence-corrected chi connectivity index (χ2v) is 9.75. The first-order valence-electron chi connectivity index (χ1n) is 10.5. The van der Waals surface area contributed by atoms with E-state index in [1.807, 2.05) is 61.5 Å². The van der Waals surface area contributed by atoms with Crippen LogP contribution in [0, 0.1) is 6.92 Å². The smallest absolute Gasteiger partial charge is 0.243 e. The number of hydrogen-bond acceptors (Lipinski definition) is 6. The summed E-state index contributed by atoms with van der Waals surface area (Å²) in [6.45, 7) is 3.84. The Balaban J connectivity index is 1.44. The number of aryl methyl sites for hydroxylation is 1. The van der Waals surface area contributed by atoms with Crippen molar-refractivity contribution in [1.29, 1.82) is 0 Å². The molecule has 0 atom stereocenters. The number of aromatic nitrogens is 3. The van der Waals surface area contributed by atoms with E-state index < -0.39 is 10.0 Å². The molecule has 0 saturated carbocycles. The highest BCUT2D eigenvalue weighted by atomic mass is 32.2. The van der Waals surface area contributed by atoms with E-state index in [4.69, 9.17) is 9.97 Å². The van der Waals surface area contributed by atoms with Crippen LogP contribution in [0.2, 0.25) is 0 Å². The number of sulfonamides is 1. The van der Waals surface area contributed by atoms with Crippen molar-refractivity contribution in [3.63, 3.8) is 0 Å². The van der Waals surface area contributed by atoms with Gasteiger partial charge in [0, 0.05) is 37.8 Å². The maximum Gasteiger partial charge on any atom is 0.243 e. The van der Waals surface area contributed by atoms with Crippen LogP contribution in [0.3, 0.4) is 0 Å². The first-order valence-corrected chi connectivity index (χ1v) is 12.0. The molecule has 0 aliphatic carbocycles. The maximum absolute atomic E-state index is 13.1. The van der Waals surface area contributed by atoms with Gasteiger partial charge >= 0.3 is 0 Å². The minimum Gasteiger partial charge on any atom is -0.353 e. The molecule has 162 valence electrons. The van der Waals surface area contributed by atoms with Gasteiger partial charge in [-0.05, 0) is 43.3 Å². The van der Waals surface area contributed by atoms with Crippen LogP contribution in [0.25, 0.3) is 22.4 Å². The zero-order valence-electron chi connectivity index (χ0n) is 17.7. The van der Waals surface area contributed by atoms with Crippen molar-refractivity contribution in [3.05, 3.63) is 78.5 Å². The third kappa shape index (κ3) is 3.83. The Morgan fingerprint density at radius 2 is 1.53 bits per heavy atom. The Bertz CT molecular complexity index is 1350. The van der Waals surface area contributed by atoms with Crippen molar-refractivity contribution >= 4 is 26.7 Å². The molecule has 0 radical (unpaired) electrons. The molecule has 5 rings (SSSR count). The van der Waals surface area contributed by atoms with Crippen molar-refractivity contribution in [3.8, 4) is 11.5 Å². The topological polar surface area (TPSA) is 79.3 Å². The standard InChI is InChI=1S/C24H23N5O2S/c1-18-9-11-19(12-10-18)32(30,31)29-16-14-28(15-17-29)24-20-6-2-3-7-21(20)26-23(27-24)22-8-4-5-13-25-22/h2-13H,14-17H2,1H3. The Kier molecular flexibility index (Phi) is 5.32. The summed E-state index contributed by atoms with van der Waals surface area (Å²) in [5.74, 6) is 1.37. The summed E-state index contributed by atoms with van der Waals surface area (Å²) >= 11 is 0. The normalized spacial score (nSPS) is 15.2. The third-order valence-corrected chi connectivity index (χ3v) is 7.59. The summed E-state index contributed by atoms with van der Waals surface area (Å²) in [6.07, 6.45) is 1.72. The fourth-order valence-electron chi connectivity index (χ4n) is 3.91. The molecule has 0 N–H and O–H groups in total. The van der Waals surface area contributed by atoms with Crippen LogP contribution in [0.4, 0.5) is 5.82 Å². The average Bonchev–Trinajstić information content (AvgIpc) is 2.84. The lowest BCUT2D eigenvalue weighted by atomic mass is 10.2. The molecular weight excluding hydrogens is 422 g/mol. The van der Waals surface area contributed by atoms with Crippen molar-refractivity contribution in [2.75, 3.05) is 31.1 Å². The lowest BCUT2D eigenvalue weighted by Crippen LogP contribution is -2.49. The molecule has 8 heteroatoms. The lowest BCUT2D eigenvalue weighted by molar-refractivity contribution is 0.384. The zero-order chi connectivity index (χ0) is 22.1. The van der Waals surface area contributed by atoms with E-state index in [1.165, 1.54) is 0 Å². The molecule has 1 saturated heterocycles. The highest BCUT2D eigenvalue weighted by molar-refractivity contribution is 7.89. The van der Waals surface area contributed by atoms with E-state index in [1.54, 1.807) is 22.6 Å². The first kappa shape index (κ1) is 20.5. The van der Waals surface area contributed by atoms with Gasteiger partial charge in [0.15, 0.2) is 5.82 Å². The number of para-hydroxylation sites is 1. The van der Waals surface area contributed by atoms with Gasteiger partial charge in [-0.1, -0.05) is 35.9 Å². The molecule has 1 fully saturated rings. The summed E-state index contributed by atoms with van der Waals surface area (Å²) in [5.41, 5.74) is 2.58. The highest BCUT2D eigenvalue weighted by Gasteiger charge is 2.29.